The average molecular weight is 286 g/mol. The summed E-state index contributed by atoms with van der Waals surface area (Å²) in [6.45, 7) is 2.54. The summed E-state index contributed by atoms with van der Waals surface area (Å²) in [5.41, 5.74) is 1.18. The minimum Gasteiger partial charge on any atom is -0.396 e. The van der Waals surface area contributed by atoms with Crippen molar-refractivity contribution < 1.29 is 9.84 Å². The van der Waals surface area contributed by atoms with E-state index < -0.39 is 0 Å². The Morgan fingerprint density at radius 2 is 2.25 bits per heavy atom. The molecular weight excluding hydrogens is 270 g/mol. The van der Waals surface area contributed by atoms with Crippen molar-refractivity contribution in [2.75, 3.05) is 31.3 Å². The minimum atomic E-state index is 0.203. The Hall–Kier alpha value is -0.580. The lowest BCUT2D eigenvalue weighted by Gasteiger charge is -2.37. The maximum atomic E-state index is 9.06. The van der Waals surface area contributed by atoms with E-state index in [0.29, 0.717) is 6.61 Å². The summed E-state index contributed by atoms with van der Waals surface area (Å²) < 4.78 is 6.56. The number of morpholine rings is 1. The summed E-state index contributed by atoms with van der Waals surface area (Å²) in [7, 11) is 0. The lowest BCUT2D eigenvalue weighted by molar-refractivity contribution is 0.0849. The van der Waals surface area contributed by atoms with Gasteiger partial charge in [-0.3, -0.25) is 0 Å². The Balaban J connectivity index is 2.19. The second kappa shape index (κ2) is 5.66. The third kappa shape index (κ3) is 2.56. The molecule has 1 unspecified atom stereocenters. The molecule has 88 valence electrons. The number of aliphatic hydroxyl groups excluding tert-OH is 1. The molecular formula is C12H16BrNO2. The van der Waals surface area contributed by atoms with E-state index >= 15 is 0 Å². The molecule has 1 aliphatic heterocycles. The average Bonchev–Trinajstić information content (AvgIpc) is 2.31. The number of anilines is 1. The molecule has 1 fully saturated rings. The third-order valence-electron chi connectivity index (χ3n) is 2.85. The van der Waals surface area contributed by atoms with Crippen LogP contribution in [0.1, 0.15) is 6.42 Å². The van der Waals surface area contributed by atoms with Crippen LogP contribution in [0.15, 0.2) is 28.7 Å². The van der Waals surface area contributed by atoms with Crippen LogP contribution in [0.4, 0.5) is 5.69 Å². The van der Waals surface area contributed by atoms with Crippen LogP contribution in [0.5, 0.6) is 0 Å². The predicted molar refractivity (Wildman–Crippen MR) is 67.8 cm³/mol. The molecule has 1 saturated heterocycles. The zero-order chi connectivity index (χ0) is 11.4. The molecule has 0 aliphatic carbocycles. The lowest BCUT2D eigenvalue weighted by Crippen LogP contribution is -2.46. The van der Waals surface area contributed by atoms with Crippen LogP contribution in [-0.4, -0.2) is 37.5 Å². The van der Waals surface area contributed by atoms with Crippen LogP contribution >= 0.6 is 15.9 Å². The van der Waals surface area contributed by atoms with Gasteiger partial charge in [0.2, 0.25) is 0 Å². The van der Waals surface area contributed by atoms with Crippen molar-refractivity contribution in [3.05, 3.63) is 28.7 Å². The van der Waals surface area contributed by atoms with Gasteiger partial charge in [-0.1, -0.05) is 12.1 Å². The second-order valence-electron chi connectivity index (χ2n) is 3.89. The fraction of sp³-hybridized carbons (Fsp3) is 0.500. The van der Waals surface area contributed by atoms with Gasteiger partial charge < -0.3 is 14.7 Å². The van der Waals surface area contributed by atoms with Gasteiger partial charge in [-0.05, 0) is 34.5 Å². The molecule has 0 spiro atoms. The molecule has 3 nitrogen and oxygen atoms in total. The fourth-order valence-corrected chi connectivity index (χ4v) is 2.56. The van der Waals surface area contributed by atoms with Crippen molar-refractivity contribution in [1.29, 1.82) is 0 Å². The fourth-order valence-electron chi connectivity index (χ4n) is 2.04. The standard InChI is InChI=1S/C12H16BrNO2/c13-11-3-1-2-4-12(11)14-6-8-16-9-10(14)5-7-15/h1-4,10,15H,5-9H2. The van der Waals surface area contributed by atoms with Gasteiger partial charge in [-0.15, -0.1) is 0 Å². The smallest absolute Gasteiger partial charge is 0.0671 e. The summed E-state index contributed by atoms with van der Waals surface area (Å²) in [6.07, 6.45) is 0.751. The van der Waals surface area contributed by atoms with E-state index in [0.717, 1.165) is 24.0 Å². The number of hydrogen-bond acceptors (Lipinski definition) is 3. The molecule has 0 amide bonds. The third-order valence-corrected chi connectivity index (χ3v) is 3.52. The van der Waals surface area contributed by atoms with E-state index in [1.54, 1.807) is 0 Å². The summed E-state index contributed by atoms with van der Waals surface area (Å²) in [5.74, 6) is 0. The van der Waals surface area contributed by atoms with Crippen molar-refractivity contribution in [2.24, 2.45) is 0 Å². The summed E-state index contributed by atoms with van der Waals surface area (Å²) in [6, 6.07) is 8.46. The van der Waals surface area contributed by atoms with Gasteiger partial charge in [0, 0.05) is 17.6 Å². The van der Waals surface area contributed by atoms with E-state index in [4.69, 9.17) is 9.84 Å². The monoisotopic (exact) mass is 285 g/mol. The maximum Gasteiger partial charge on any atom is 0.0671 e. The molecule has 0 saturated carbocycles. The zero-order valence-corrected chi connectivity index (χ0v) is 10.7. The number of ether oxygens (including phenoxy) is 1. The molecule has 0 radical (unpaired) electrons. The number of halogens is 1. The Bertz CT molecular complexity index is 344. The first-order valence-corrected chi connectivity index (χ1v) is 6.32. The first-order chi connectivity index (χ1) is 7.83. The second-order valence-corrected chi connectivity index (χ2v) is 4.74. The molecule has 2 rings (SSSR count). The van der Waals surface area contributed by atoms with Gasteiger partial charge in [0.25, 0.3) is 0 Å². The molecule has 4 heteroatoms. The molecule has 1 aromatic rings. The van der Waals surface area contributed by atoms with Gasteiger partial charge in [-0.25, -0.2) is 0 Å². The molecule has 0 bridgehead atoms. The first-order valence-electron chi connectivity index (χ1n) is 5.52. The summed E-state index contributed by atoms with van der Waals surface area (Å²) in [4.78, 5) is 2.31. The first kappa shape index (κ1) is 11.9. The quantitative estimate of drug-likeness (QED) is 0.923. The largest absolute Gasteiger partial charge is 0.396 e. The molecule has 1 atom stereocenters. The molecule has 1 heterocycles. The Labute approximate surface area is 104 Å². The number of benzene rings is 1. The van der Waals surface area contributed by atoms with E-state index in [1.807, 2.05) is 18.2 Å². The van der Waals surface area contributed by atoms with E-state index in [-0.39, 0.29) is 12.6 Å². The van der Waals surface area contributed by atoms with Gasteiger partial charge in [0.05, 0.1) is 24.9 Å². The number of hydrogen-bond donors (Lipinski definition) is 1. The van der Waals surface area contributed by atoms with Crippen LogP contribution in [0.3, 0.4) is 0 Å². The SMILES string of the molecule is OCCC1COCCN1c1ccccc1Br. The van der Waals surface area contributed by atoms with E-state index in [2.05, 4.69) is 26.9 Å². The van der Waals surface area contributed by atoms with E-state index in [1.165, 1.54) is 5.69 Å². The van der Waals surface area contributed by atoms with Crippen LogP contribution in [-0.2, 0) is 4.74 Å². The molecule has 1 aliphatic rings. The highest BCUT2D eigenvalue weighted by atomic mass is 79.9. The van der Waals surface area contributed by atoms with Gasteiger partial charge in [0.15, 0.2) is 0 Å². The maximum absolute atomic E-state index is 9.06. The number of nitrogens with zero attached hydrogens (tertiary/aromatic N) is 1. The van der Waals surface area contributed by atoms with Crippen molar-refractivity contribution in [3.63, 3.8) is 0 Å². The number of rotatable bonds is 3. The highest BCUT2D eigenvalue weighted by molar-refractivity contribution is 9.10. The molecule has 1 aromatic carbocycles. The van der Waals surface area contributed by atoms with Crippen LogP contribution in [0.2, 0.25) is 0 Å². The van der Waals surface area contributed by atoms with Gasteiger partial charge in [0.1, 0.15) is 0 Å². The van der Waals surface area contributed by atoms with Crippen molar-refractivity contribution >= 4 is 21.6 Å². The molecule has 1 N–H and O–H groups in total. The summed E-state index contributed by atoms with van der Waals surface area (Å²) in [5, 5.41) is 9.06. The van der Waals surface area contributed by atoms with Crippen LogP contribution in [0.25, 0.3) is 0 Å². The Kier molecular flexibility index (Phi) is 4.21. The predicted octanol–water partition coefficient (Wildman–Crippen LogP) is 2.04. The molecule has 16 heavy (non-hydrogen) atoms. The Morgan fingerprint density at radius 3 is 3.00 bits per heavy atom. The zero-order valence-electron chi connectivity index (χ0n) is 9.10. The summed E-state index contributed by atoms with van der Waals surface area (Å²) >= 11 is 3.57. The number of para-hydroxylation sites is 1. The van der Waals surface area contributed by atoms with Crippen molar-refractivity contribution in [1.82, 2.24) is 0 Å². The van der Waals surface area contributed by atoms with Gasteiger partial charge >= 0.3 is 0 Å². The van der Waals surface area contributed by atoms with Crippen molar-refractivity contribution in [3.8, 4) is 0 Å². The normalized spacial score (nSPS) is 21.1. The topological polar surface area (TPSA) is 32.7 Å². The lowest BCUT2D eigenvalue weighted by atomic mass is 10.1. The minimum absolute atomic E-state index is 0.203. The Morgan fingerprint density at radius 1 is 1.44 bits per heavy atom. The molecule has 0 aromatic heterocycles. The van der Waals surface area contributed by atoms with E-state index in [9.17, 15) is 0 Å². The van der Waals surface area contributed by atoms with Gasteiger partial charge in [-0.2, -0.15) is 0 Å². The highest BCUT2D eigenvalue weighted by Gasteiger charge is 2.23. The highest BCUT2D eigenvalue weighted by Crippen LogP contribution is 2.29. The van der Waals surface area contributed by atoms with Crippen LogP contribution in [0, 0.1) is 0 Å². The van der Waals surface area contributed by atoms with Crippen LogP contribution < -0.4 is 4.90 Å². The number of aliphatic hydroxyl groups is 1. The van der Waals surface area contributed by atoms with Crippen molar-refractivity contribution in [2.45, 2.75) is 12.5 Å².